The van der Waals surface area contributed by atoms with E-state index in [0.717, 1.165) is 18.3 Å². The summed E-state index contributed by atoms with van der Waals surface area (Å²) in [5.41, 5.74) is 1.66. The van der Waals surface area contributed by atoms with Crippen LogP contribution in [0.1, 0.15) is 22.3 Å². The monoisotopic (exact) mass is 247 g/mol. The first-order valence-electron chi connectivity index (χ1n) is 5.95. The van der Waals surface area contributed by atoms with Gasteiger partial charge in [-0.1, -0.05) is 0 Å². The maximum absolute atomic E-state index is 12.2. The molecule has 0 saturated carbocycles. The van der Waals surface area contributed by atoms with Crippen LogP contribution >= 0.6 is 0 Å². The largest absolute Gasteiger partial charge is 0.454 e. The van der Waals surface area contributed by atoms with Crippen molar-refractivity contribution in [3.63, 3.8) is 0 Å². The summed E-state index contributed by atoms with van der Waals surface area (Å²) in [7, 11) is 0. The lowest BCUT2D eigenvalue weighted by atomic mass is 9.98. The van der Waals surface area contributed by atoms with Gasteiger partial charge in [-0.15, -0.1) is 0 Å². The predicted molar refractivity (Wildman–Crippen MR) is 62.9 cm³/mol. The molecule has 0 N–H and O–H groups in total. The van der Waals surface area contributed by atoms with E-state index in [2.05, 4.69) is 0 Å². The second-order valence-corrected chi connectivity index (χ2v) is 4.36. The number of amides is 1. The van der Waals surface area contributed by atoms with Crippen LogP contribution in [0, 0.1) is 0 Å². The standard InChI is InChI=1S/C13H13NO4/c15-5-1-3-14-4-2-9-6-11-12(18-8-17-11)7-10(9)13(14)16/h5-7H,1-4,8H2. The van der Waals surface area contributed by atoms with Gasteiger partial charge in [-0.2, -0.15) is 0 Å². The molecule has 1 amide bonds. The number of carbonyl (C=O) groups excluding carboxylic acids is 2. The Hall–Kier alpha value is -2.04. The van der Waals surface area contributed by atoms with Gasteiger partial charge >= 0.3 is 0 Å². The molecular formula is C13H13NO4. The van der Waals surface area contributed by atoms with Crippen LogP contribution in [0.5, 0.6) is 11.5 Å². The van der Waals surface area contributed by atoms with Gasteiger partial charge in [0.25, 0.3) is 5.91 Å². The average molecular weight is 247 g/mol. The van der Waals surface area contributed by atoms with E-state index >= 15 is 0 Å². The van der Waals surface area contributed by atoms with Crippen molar-refractivity contribution in [2.75, 3.05) is 19.9 Å². The zero-order valence-electron chi connectivity index (χ0n) is 9.85. The molecule has 5 nitrogen and oxygen atoms in total. The number of aldehydes is 1. The first-order chi connectivity index (χ1) is 8.79. The molecule has 0 aliphatic carbocycles. The summed E-state index contributed by atoms with van der Waals surface area (Å²) in [4.78, 5) is 24.3. The highest BCUT2D eigenvalue weighted by atomic mass is 16.7. The van der Waals surface area contributed by atoms with Crippen LogP contribution in [0.4, 0.5) is 0 Å². The fourth-order valence-electron chi connectivity index (χ4n) is 2.34. The predicted octanol–water partition coefficient (Wildman–Crippen LogP) is 1.00. The number of ether oxygens (including phenoxy) is 2. The van der Waals surface area contributed by atoms with Gasteiger partial charge in [0.15, 0.2) is 11.5 Å². The van der Waals surface area contributed by atoms with E-state index in [1.54, 1.807) is 11.0 Å². The van der Waals surface area contributed by atoms with Crippen LogP contribution < -0.4 is 9.47 Å². The van der Waals surface area contributed by atoms with Crippen LogP contribution in [-0.4, -0.2) is 37.0 Å². The normalized spacial score (nSPS) is 16.7. The molecule has 0 saturated heterocycles. The summed E-state index contributed by atoms with van der Waals surface area (Å²) < 4.78 is 10.6. The van der Waals surface area contributed by atoms with Gasteiger partial charge in [0.1, 0.15) is 6.29 Å². The quantitative estimate of drug-likeness (QED) is 0.748. The maximum atomic E-state index is 12.2. The van der Waals surface area contributed by atoms with Crippen molar-refractivity contribution < 1.29 is 19.1 Å². The van der Waals surface area contributed by atoms with Gasteiger partial charge in [-0.25, -0.2) is 0 Å². The first-order valence-corrected chi connectivity index (χ1v) is 5.95. The van der Waals surface area contributed by atoms with E-state index in [1.807, 2.05) is 6.07 Å². The van der Waals surface area contributed by atoms with Crippen molar-refractivity contribution in [1.29, 1.82) is 0 Å². The minimum absolute atomic E-state index is 0.0311. The van der Waals surface area contributed by atoms with Crippen molar-refractivity contribution in [1.82, 2.24) is 4.90 Å². The van der Waals surface area contributed by atoms with Crippen LogP contribution in [-0.2, 0) is 11.2 Å². The van der Waals surface area contributed by atoms with Crippen molar-refractivity contribution in [2.45, 2.75) is 12.8 Å². The Balaban J connectivity index is 1.90. The molecule has 0 atom stereocenters. The number of nitrogens with zero attached hydrogens (tertiary/aromatic N) is 1. The summed E-state index contributed by atoms with van der Waals surface area (Å²) >= 11 is 0. The lowest BCUT2D eigenvalue weighted by molar-refractivity contribution is -0.108. The Morgan fingerprint density at radius 2 is 2.06 bits per heavy atom. The average Bonchev–Trinajstić information content (AvgIpc) is 2.83. The molecule has 1 aromatic rings. The van der Waals surface area contributed by atoms with E-state index in [1.165, 1.54) is 0 Å². The SMILES string of the molecule is O=CCCN1CCc2cc3c(cc2C1=O)OCO3. The summed E-state index contributed by atoms with van der Waals surface area (Å²) in [5.74, 6) is 1.30. The lowest BCUT2D eigenvalue weighted by Crippen LogP contribution is -2.38. The lowest BCUT2D eigenvalue weighted by Gasteiger charge is -2.28. The van der Waals surface area contributed by atoms with Gasteiger partial charge in [0.05, 0.1) is 0 Å². The molecule has 18 heavy (non-hydrogen) atoms. The van der Waals surface area contributed by atoms with Crippen molar-refractivity contribution in [3.8, 4) is 11.5 Å². The van der Waals surface area contributed by atoms with Crippen LogP contribution in [0.15, 0.2) is 12.1 Å². The fraction of sp³-hybridized carbons (Fsp3) is 0.385. The topological polar surface area (TPSA) is 55.8 Å². The third kappa shape index (κ3) is 1.72. The van der Waals surface area contributed by atoms with Crippen LogP contribution in [0.25, 0.3) is 0 Å². The first kappa shape index (κ1) is 11.1. The molecule has 3 rings (SSSR count). The molecule has 1 aromatic carbocycles. The molecule has 2 aliphatic heterocycles. The molecule has 0 bridgehead atoms. The highest BCUT2D eigenvalue weighted by Gasteiger charge is 2.27. The van der Waals surface area contributed by atoms with Gasteiger partial charge in [0.2, 0.25) is 6.79 Å². The summed E-state index contributed by atoms with van der Waals surface area (Å²) in [5, 5.41) is 0. The Morgan fingerprint density at radius 1 is 1.28 bits per heavy atom. The van der Waals surface area contributed by atoms with Gasteiger partial charge in [-0.3, -0.25) is 4.79 Å². The van der Waals surface area contributed by atoms with Crippen molar-refractivity contribution in [3.05, 3.63) is 23.3 Å². The smallest absolute Gasteiger partial charge is 0.254 e. The van der Waals surface area contributed by atoms with Crippen LogP contribution in [0.3, 0.4) is 0 Å². The number of fused-ring (bicyclic) bond motifs is 2. The van der Waals surface area contributed by atoms with E-state index in [-0.39, 0.29) is 12.7 Å². The molecule has 0 aromatic heterocycles. The molecule has 0 unspecified atom stereocenters. The maximum Gasteiger partial charge on any atom is 0.254 e. The summed E-state index contributed by atoms with van der Waals surface area (Å²) in [6, 6.07) is 3.62. The number of carbonyl (C=O) groups is 2. The number of hydrogen-bond donors (Lipinski definition) is 0. The van der Waals surface area contributed by atoms with E-state index in [4.69, 9.17) is 9.47 Å². The molecule has 5 heteroatoms. The highest BCUT2D eigenvalue weighted by Crippen LogP contribution is 2.36. The molecule has 0 radical (unpaired) electrons. The number of benzene rings is 1. The van der Waals surface area contributed by atoms with Gasteiger partial charge in [0, 0.05) is 25.1 Å². The summed E-state index contributed by atoms with van der Waals surface area (Å²) in [6.07, 6.45) is 2.00. The third-order valence-corrected chi connectivity index (χ3v) is 3.28. The number of rotatable bonds is 3. The van der Waals surface area contributed by atoms with Gasteiger partial charge < -0.3 is 19.2 Å². The second-order valence-electron chi connectivity index (χ2n) is 4.36. The Kier molecular flexibility index (Phi) is 2.66. The third-order valence-electron chi connectivity index (χ3n) is 3.28. The Bertz CT molecular complexity index is 512. The molecular weight excluding hydrogens is 234 g/mol. The van der Waals surface area contributed by atoms with Crippen molar-refractivity contribution >= 4 is 12.2 Å². The Morgan fingerprint density at radius 3 is 2.83 bits per heavy atom. The number of hydrogen-bond acceptors (Lipinski definition) is 4. The molecule has 94 valence electrons. The van der Waals surface area contributed by atoms with Crippen molar-refractivity contribution in [2.24, 2.45) is 0 Å². The second kappa shape index (κ2) is 4.33. The highest BCUT2D eigenvalue weighted by molar-refractivity contribution is 5.97. The molecule has 2 heterocycles. The minimum atomic E-state index is -0.0311. The molecule has 2 aliphatic rings. The summed E-state index contributed by atoms with van der Waals surface area (Å²) in [6.45, 7) is 1.34. The fourth-order valence-corrected chi connectivity index (χ4v) is 2.34. The molecule has 0 spiro atoms. The van der Waals surface area contributed by atoms with E-state index in [9.17, 15) is 9.59 Å². The van der Waals surface area contributed by atoms with Gasteiger partial charge in [-0.05, 0) is 24.1 Å². The Labute approximate surface area is 104 Å². The van der Waals surface area contributed by atoms with E-state index in [0.29, 0.717) is 36.6 Å². The van der Waals surface area contributed by atoms with Crippen LogP contribution in [0.2, 0.25) is 0 Å². The zero-order chi connectivity index (χ0) is 12.5. The molecule has 0 fully saturated rings. The zero-order valence-corrected chi connectivity index (χ0v) is 9.85. The minimum Gasteiger partial charge on any atom is -0.454 e. The van der Waals surface area contributed by atoms with E-state index < -0.39 is 0 Å².